The third-order valence-electron chi connectivity index (χ3n) is 3.94. The van der Waals surface area contributed by atoms with Crippen LogP contribution in [0.2, 0.25) is 0 Å². The molecule has 2 aromatic rings. The normalized spacial score (nSPS) is 16.4. The van der Waals surface area contributed by atoms with Gasteiger partial charge in [0.05, 0.1) is 10.6 Å². The monoisotopic (exact) mass is 440 g/mol. The van der Waals surface area contributed by atoms with Crippen molar-refractivity contribution in [2.75, 3.05) is 6.61 Å². The van der Waals surface area contributed by atoms with Crippen molar-refractivity contribution in [3.8, 4) is 18.1 Å². The average Bonchev–Trinajstić information content (AvgIpc) is 2.96. The predicted molar refractivity (Wildman–Crippen MR) is 115 cm³/mol. The summed E-state index contributed by atoms with van der Waals surface area (Å²) in [5, 5.41) is 3.36. The molecule has 27 heavy (non-hydrogen) atoms. The van der Waals surface area contributed by atoms with Crippen LogP contribution in [-0.4, -0.2) is 17.7 Å². The summed E-state index contributed by atoms with van der Waals surface area (Å²) in [7, 11) is 0. The Bertz CT molecular complexity index is 1010. The summed E-state index contributed by atoms with van der Waals surface area (Å²) in [5.74, 6) is 2.88. The molecular formula is C21H17BrN2O2S. The lowest BCUT2D eigenvalue weighted by Crippen LogP contribution is -2.19. The summed E-state index contributed by atoms with van der Waals surface area (Å²) in [5.41, 5.74) is 3.94. The van der Waals surface area contributed by atoms with E-state index in [1.165, 1.54) is 17.3 Å². The third-order valence-corrected chi connectivity index (χ3v) is 5.34. The van der Waals surface area contributed by atoms with Crippen molar-refractivity contribution in [2.45, 2.75) is 13.8 Å². The average molecular weight is 441 g/mol. The van der Waals surface area contributed by atoms with E-state index < -0.39 is 0 Å². The first-order chi connectivity index (χ1) is 13.0. The third kappa shape index (κ3) is 4.82. The number of aryl methyl sites for hydroxylation is 2. The molecule has 136 valence electrons. The van der Waals surface area contributed by atoms with E-state index in [-0.39, 0.29) is 12.5 Å². The zero-order valence-corrected chi connectivity index (χ0v) is 17.3. The highest BCUT2D eigenvalue weighted by Gasteiger charge is 2.24. The van der Waals surface area contributed by atoms with Gasteiger partial charge in [-0.05, 0) is 73.1 Å². The summed E-state index contributed by atoms with van der Waals surface area (Å²) in [6, 6.07) is 11.5. The van der Waals surface area contributed by atoms with Gasteiger partial charge in [0.2, 0.25) is 0 Å². The zero-order valence-electron chi connectivity index (χ0n) is 14.9. The number of hydrogen-bond donors (Lipinski definition) is 1. The number of carbonyl (C=O) groups is 1. The van der Waals surface area contributed by atoms with Gasteiger partial charge in [-0.1, -0.05) is 27.9 Å². The molecule has 0 aliphatic carbocycles. The summed E-state index contributed by atoms with van der Waals surface area (Å²) in [4.78, 5) is 17.4. The topological polar surface area (TPSA) is 50.7 Å². The lowest BCUT2D eigenvalue weighted by atomic mass is 10.1. The van der Waals surface area contributed by atoms with Crippen molar-refractivity contribution in [1.29, 1.82) is 0 Å². The number of nitrogens with zero attached hydrogens (tertiary/aromatic N) is 1. The molecule has 1 aliphatic heterocycles. The molecule has 0 bridgehead atoms. The smallest absolute Gasteiger partial charge is 0.264 e. The number of benzene rings is 2. The molecule has 2 aromatic carbocycles. The summed E-state index contributed by atoms with van der Waals surface area (Å²) in [6.45, 7) is 4.25. The van der Waals surface area contributed by atoms with Crippen molar-refractivity contribution in [3.63, 3.8) is 0 Å². The Hall–Kier alpha value is -2.49. The van der Waals surface area contributed by atoms with E-state index in [1.54, 1.807) is 6.08 Å². The van der Waals surface area contributed by atoms with Crippen LogP contribution in [0.15, 0.2) is 50.8 Å². The fourth-order valence-corrected chi connectivity index (χ4v) is 3.63. The van der Waals surface area contributed by atoms with Crippen molar-refractivity contribution < 1.29 is 9.53 Å². The van der Waals surface area contributed by atoms with Crippen LogP contribution in [0.1, 0.15) is 16.7 Å². The minimum atomic E-state index is -0.189. The number of amidine groups is 1. The van der Waals surface area contributed by atoms with Gasteiger partial charge in [-0.15, -0.1) is 6.42 Å². The molecule has 0 spiro atoms. The second-order valence-electron chi connectivity index (χ2n) is 5.93. The molecule has 4 nitrogen and oxygen atoms in total. The van der Waals surface area contributed by atoms with Crippen LogP contribution in [0, 0.1) is 26.2 Å². The van der Waals surface area contributed by atoms with Crippen LogP contribution in [0.4, 0.5) is 5.69 Å². The molecule has 1 N–H and O–H groups in total. The maximum absolute atomic E-state index is 12.3. The van der Waals surface area contributed by atoms with E-state index in [1.807, 2.05) is 43.3 Å². The number of terminal acetylenes is 1. The number of rotatable bonds is 4. The minimum absolute atomic E-state index is 0.163. The standard InChI is InChI=1S/C21H17BrN2O2S/c1-4-9-26-18-8-6-16(22)11-15(18)12-19-20(25)24-21(27-19)23-17-7-5-13(2)14(3)10-17/h1,5-8,10-12H,9H2,2-3H3,(H,23,24,25). The lowest BCUT2D eigenvalue weighted by Gasteiger charge is -2.07. The Morgan fingerprint density at radius 2 is 2.07 bits per heavy atom. The molecule has 6 heteroatoms. The number of halogens is 1. The van der Waals surface area contributed by atoms with E-state index in [2.05, 4.69) is 39.1 Å². The van der Waals surface area contributed by atoms with Gasteiger partial charge in [0.15, 0.2) is 5.17 Å². The van der Waals surface area contributed by atoms with Crippen LogP contribution in [-0.2, 0) is 4.79 Å². The molecule has 0 aromatic heterocycles. The number of ether oxygens (including phenoxy) is 1. The molecule has 1 amide bonds. The second-order valence-corrected chi connectivity index (χ2v) is 7.87. The molecule has 1 aliphatic rings. The Morgan fingerprint density at radius 3 is 2.81 bits per heavy atom. The van der Waals surface area contributed by atoms with Gasteiger partial charge in [0.1, 0.15) is 12.4 Å². The molecule has 1 fully saturated rings. The number of amides is 1. The summed E-state index contributed by atoms with van der Waals surface area (Å²) >= 11 is 4.74. The van der Waals surface area contributed by atoms with Gasteiger partial charge in [-0.25, -0.2) is 4.99 Å². The fourth-order valence-electron chi connectivity index (χ4n) is 2.42. The van der Waals surface area contributed by atoms with Crippen molar-refractivity contribution >= 4 is 50.5 Å². The number of nitrogens with one attached hydrogen (secondary N) is 1. The molecule has 0 unspecified atom stereocenters. The van der Waals surface area contributed by atoms with E-state index in [0.29, 0.717) is 15.8 Å². The molecule has 1 heterocycles. The first-order valence-electron chi connectivity index (χ1n) is 8.19. The number of aliphatic imine (C=N–C) groups is 1. The lowest BCUT2D eigenvalue weighted by molar-refractivity contribution is -0.115. The predicted octanol–water partition coefficient (Wildman–Crippen LogP) is 4.97. The molecule has 0 radical (unpaired) electrons. The SMILES string of the molecule is C#CCOc1ccc(Br)cc1C=C1SC(=Nc2ccc(C)c(C)c2)NC1=O. The number of hydrogen-bond acceptors (Lipinski definition) is 4. The van der Waals surface area contributed by atoms with E-state index in [0.717, 1.165) is 21.3 Å². The van der Waals surface area contributed by atoms with Gasteiger partial charge in [-0.2, -0.15) is 0 Å². The van der Waals surface area contributed by atoms with Crippen LogP contribution >= 0.6 is 27.7 Å². The van der Waals surface area contributed by atoms with Crippen LogP contribution in [0.3, 0.4) is 0 Å². The van der Waals surface area contributed by atoms with Crippen LogP contribution in [0.25, 0.3) is 6.08 Å². The maximum atomic E-state index is 12.3. The van der Waals surface area contributed by atoms with Gasteiger partial charge >= 0.3 is 0 Å². The van der Waals surface area contributed by atoms with Crippen LogP contribution in [0.5, 0.6) is 5.75 Å². The Morgan fingerprint density at radius 1 is 1.26 bits per heavy atom. The molecule has 0 atom stereocenters. The Labute approximate surface area is 171 Å². The van der Waals surface area contributed by atoms with Gasteiger partial charge in [0, 0.05) is 10.0 Å². The molecule has 0 saturated carbocycles. The summed E-state index contributed by atoms with van der Waals surface area (Å²) in [6.07, 6.45) is 7.05. The number of thioether (sulfide) groups is 1. The van der Waals surface area contributed by atoms with E-state index in [4.69, 9.17) is 11.2 Å². The van der Waals surface area contributed by atoms with Gasteiger partial charge < -0.3 is 10.1 Å². The Balaban J connectivity index is 1.87. The van der Waals surface area contributed by atoms with E-state index in [9.17, 15) is 4.79 Å². The summed E-state index contributed by atoms with van der Waals surface area (Å²) < 4.78 is 6.45. The first-order valence-corrected chi connectivity index (χ1v) is 9.80. The number of carbonyl (C=O) groups excluding carboxylic acids is 1. The van der Waals surface area contributed by atoms with Crippen molar-refractivity contribution in [2.24, 2.45) is 4.99 Å². The maximum Gasteiger partial charge on any atom is 0.264 e. The molecule has 1 saturated heterocycles. The fraction of sp³-hybridized carbons (Fsp3) is 0.143. The zero-order chi connectivity index (χ0) is 19.4. The van der Waals surface area contributed by atoms with Crippen LogP contribution < -0.4 is 10.1 Å². The Kier molecular flexibility index (Phi) is 6.04. The van der Waals surface area contributed by atoms with Crippen molar-refractivity contribution in [1.82, 2.24) is 5.32 Å². The van der Waals surface area contributed by atoms with Gasteiger partial charge in [-0.3, -0.25) is 4.79 Å². The van der Waals surface area contributed by atoms with E-state index >= 15 is 0 Å². The first kappa shape index (κ1) is 19.3. The van der Waals surface area contributed by atoms with Crippen molar-refractivity contribution in [3.05, 3.63) is 62.5 Å². The second kappa shape index (κ2) is 8.47. The highest BCUT2D eigenvalue weighted by molar-refractivity contribution is 9.10. The highest BCUT2D eigenvalue weighted by Crippen LogP contribution is 2.32. The minimum Gasteiger partial charge on any atom is -0.480 e. The quantitative estimate of drug-likeness (QED) is 0.539. The van der Waals surface area contributed by atoms with Gasteiger partial charge in [0.25, 0.3) is 5.91 Å². The molecular weight excluding hydrogens is 424 g/mol. The molecule has 3 rings (SSSR count). The highest BCUT2D eigenvalue weighted by atomic mass is 79.9. The largest absolute Gasteiger partial charge is 0.480 e.